The first-order valence-electron chi connectivity index (χ1n) is 9.03. The lowest BCUT2D eigenvalue weighted by molar-refractivity contribution is 0.0492. The first-order chi connectivity index (χ1) is 10.3. The maximum Gasteiger partial charge on any atom is 0.237 e. The van der Waals surface area contributed by atoms with Gasteiger partial charge in [-0.15, -0.1) is 0 Å². The van der Waals surface area contributed by atoms with Crippen molar-refractivity contribution in [3.63, 3.8) is 0 Å². The van der Waals surface area contributed by atoms with Crippen LogP contribution in [0, 0.1) is 0 Å². The van der Waals surface area contributed by atoms with Crippen molar-refractivity contribution in [1.29, 1.82) is 0 Å². The predicted molar refractivity (Wildman–Crippen MR) is 89.2 cm³/mol. The average molecular weight is 297 g/mol. The van der Waals surface area contributed by atoms with Gasteiger partial charge in [-0.25, -0.2) is 4.79 Å². The van der Waals surface area contributed by atoms with Gasteiger partial charge in [0.1, 0.15) is 0 Å². The van der Waals surface area contributed by atoms with E-state index in [2.05, 4.69) is 18.8 Å². The SMILES string of the molecule is CCCCCCCCCC(N=C=O)OCCCCCCC. The number of hydrogen-bond acceptors (Lipinski definition) is 3. The zero-order valence-corrected chi connectivity index (χ0v) is 14.2. The van der Waals surface area contributed by atoms with E-state index in [0.717, 1.165) is 25.9 Å². The van der Waals surface area contributed by atoms with Crippen LogP contribution in [0.25, 0.3) is 0 Å². The summed E-state index contributed by atoms with van der Waals surface area (Å²) in [4.78, 5) is 14.2. The molecule has 1 unspecified atom stereocenters. The van der Waals surface area contributed by atoms with Crippen LogP contribution in [0.4, 0.5) is 0 Å². The van der Waals surface area contributed by atoms with Crippen molar-refractivity contribution in [2.45, 2.75) is 104 Å². The lowest BCUT2D eigenvalue weighted by Gasteiger charge is -2.12. The Balaban J connectivity index is 3.51. The normalized spacial score (nSPS) is 12.1. The fraction of sp³-hybridized carbons (Fsp3) is 0.944. The van der Waals surface area contributed by atoms with E-state index in [4.69, 9.17) is 4.74 Å². The highest BCUT2D eigenvalue weighted by Gasteiger charge is 2.06. The van der Waals surface area contributed by atoms with Crippen LogP contribution < -0.4 is 0 Å². The minimum atomic E-state index is -0.260. The van der Waals surface area contributed by atoms with Crippen molar-refractivity contribution in [2.75, 3.05) is 6.61 Å². The van der Waals surface area contributed by atoms with Crippen molar-refractivity contribution in [1.82, 2.24) is 0 Å². The van der Waals surface area contributed by atoms with Gasteiger partial charge < -0.3 is 4.74 Å². The minimum Gasteiger partial charge on any atom is -0.356 e. The Bertz CT molecular complexity index is 250. The van der Waals surface area contributed by atoms with Crippen LogP contribution in [-0.4, -0.2) is 18.9 Å². The summed E-state index contributed by atoms with van der Waals surface area (Å²) in [5.74, 6) is 0. The van der Waals surface area contributed by atoms with Gasteiger partial charge in [-0.1, -0.05) is 78.1 Å². The Kier molecular flexibility index (Phi) is 16.8. The molecule has 0 fully saturated rings. The lowest BCUT2D eigenvalue weighted by atomic mass is 10.1. The molecule has 0 N–H and O–H groups in total. The monoisotopic (exact) mass is 297 g/mol. The van der Waals surface area contributed by atoms with E-state index in [1.54, 1.807) is 6.08 Å². The summed E-state index contributed by atoms with van der Waals surface area (Å²) in [5, 5.41) is 0. The molecule has 124 valence electrons. The van der Waals surface area contributed by atoms with E-state index in [9.17, 15) is 4.79 Å². The number of ether oxygens (including phenoxy) is 1. The highest BCUT2D eigenvalue weighted by Crippen LogP contribution is 2.12. The molecule has 0 aromatic carbocycles. The Labute approximate surface area is 131 Å². The largest absolute Gasteiger partial charge is 0.356 e. The van der Waals surface area contributed by atoms with Crippen LogP contribution in [0.2, 0.25) is 0 Å². The van der Waals surface area contributed by atoms with Crippen LogP contribution in [0.5, 0.6) is 0 Å². The van der Waals surface area contributed by atoms with Crippen LogP contribution in [0.3, 0.4) is 0 Å². The van der Waals surface area contributed by atoms with Gasteiger partial charge >= 0.3 is 0 Å². The van der Waals surface area contributed by atoms with Gasteiger partial charge in [-0.3, -0.25) is 0 Å². The molecule has 0 saturated heterocycles. The zero-order valence-electron chi connectivity index (χ0n) is 14.2. The van der Waals surface area contributed by atoms with Crippen molar-refractivity contribution >= 4 is 6.08 Å². The molecule has 0 aliphatic rings. The number of hydrogen-bond donors (Lipinski definition) is 0. The number of isocyanates is 1. The molecule has 3 heteroatoms. The summed E-state index contributed by atoms with van der Waals surface area (Å²) in [6.07, 6.45) is 17.3. The molecule has 0 aliphatic carbocycles. The predicted octanol–water partition coefficient (Wildman–Crippen LogP) is 5.78. The summed E-state index contributed by atoms with van der Waals surface area (Å²) in [6.45, 7) is 5.17. The van der Waals surface area contributed by atoms with E-state index in [-0.39, 0.29) is 6.23 Å². The van der Waals surface area contributed by atoms with E-state index in [1.807, 2.05) is 0 Å². The highest BCUT2D eigenvalue weighted by molar-refractivity contribution is 5.33. The maximum absolute atomic E-state index is 10.4. The molecule has 0 spiro atoms. The summed E-state index contributed by atoms with van der Waals surface area (Å²) in [5.41, 5.74) is 0. The zero-order chi connectivity index (χ0) is 15.6. The quantitative estimate of drug-likeness (QED) is 0.206. The third-order valence-electron chi connectivity index (χ3n) is 3.81. The van der Waals surface area contributed by atoms with Gasteiger partial charge in [0.25, 0.3) is 0 Å². The first kappa shape index (κ1) is 20.3. The van der Waals surface area contributed by atoms with E-state index in [0.29, 0.717) is 0 Å². The third-order valence-corrected chi connectivity index (χ3v) is 3.81. The Morgan fingerprint density at radius 2 is 1.33 bits per heavy atom. The minimum absolute atomic E-state index is 0.260. The third kappa shape index (κ3) is 15.5. The van der Waals surface area contributed by atoms with E-state index in [1.165, 1.54) is 64.2 Å². The molecule has 21 heavy (non-hydrogen) atoms. The van der Waals surface area contributed by atoms with E-state index >= 15 is 0 Å². The first-order valence-corrected chi connectivity index (χ1v) is 9.03. The van der Waals surface area contributed by atoms with Crippen molar-refractivity contribution in [3.05, 3.63) is 0 Å². The number of nitrogens with zero attached hydrogens (tertiary/aromatic N) is 1. The summed E-state index contributed by atoms with van der Waals surface area (Å²) < 4.78 is 5.68. The van der Waals surface area contributed by atoms with Gasteiger partial charge in [-0.2, -0.15) is 4.99 Å². The smallest absolute Gasteiger partial charge is 0.237 e. The number of unbranched alkanes of at least 4 members (excludes halogenated alkanes) is 10. The standard InChI is InChI=1S/C18H35NO2/c1-3-5-7-9-10-11-13-15-18(19-17-20)21-16-14-12-8-6-4-2/h18H,3-16H2,1-2H3. The highest BCUT2D eigenvalue weighted by atomic mass is 16.5. The molecule has 0 aliphatic heterocycles. The van der Waals surface area contributed by atoms with Gasteiger partial charge in [-0.05, 0) is 19.3 Å². The van der Waals surface area contributed by atoms with Gasteiger partial charge in [0, 0.05) is 6.61 Å². The topological polar surface area (TPSA) is 38.7 Å². The molecule has 0 amide bonds. The Hall–Kier alpha value is -0.660. The molecule has 0 aromatic heterocycles. The van der Waals surface area contributed by atoms with E-state index < -0.39 is 0 Å². The summed E-state index contributed by atoms with van der Waals surface area (Å²) in [6, 6.07) is 0. The molecule has 3 nitrogen and oxygen atoms in total. The lowest BCUT2D eigenvalue weighted by Crippen LogP contribution is -2.11. The fourth-order valence-corrected chi connectivity index (χ4v) is 2.44. The number of rotatable bonds is 16. The fourth-order valence-electron chi connectivity index (χ4n) is 2.44. The van der Waals surface area contributed by atoms with Crippen molar-refractivity contribution in [3.8, 4) is 0 Å². The van der Waals surface area contributed by atoms with Gasteiger partial charge in [0.15, 0.2) is 6.23 Å². The molecule has 0 rings (SSSR count). The van der Waals surface area contributed by atoms with Gasteiger partial charge in [0.05, 0.1) is 0 Å². The van der Waals surface area contributed by atoms with Crippen molar-refractivity contribution in [2.24, 2.45) is 4.99 Å². The molecule has 1 atom stereocenters. The van der Waals surface area contributed by atoms with Crippen LogP contribution in [0.15, 0.2) is 4.99 Å². The Morgan fingerprint density at radius 3 is 1.90 bits per heavy atom. The second-order valence-corrected chi connectivity index (χ2v) is 5.87. The number of carbonyl (C=O) groups excluding carboxylic acids is 1. The second-order valence-electron chi connectivity index (χ2n) is 5.87. The molecule has 0 aromatic rings. The molecule has 0 bridgehead atoms. The maximum atomic E-state index is 10.4. The van der Waals surface area contributed by atoms with Crippen LogP contribution >= 0.6 is 0 Å². The second kappa shape index (κ2) is 17.4. The number of aliphatic imine (C=N–C) groups is 1. The summed E-state index contributed by atoms with van der Waals surface area (Å²) >= 11 is 0. The average Bonchev–Trinajstić information content (AvgIpc) is 2.49. The van der Waals surface area contributed by atoms with Crippen LogP contribution in [-0.2, 0) is 9.53 Å². The molecule has 0 saturated carbocycles. The van der Waals surface area contributed by atoms with Crippen LogP contribution in [0.1, 0.15) is 97.3 Å². The molecular formula is C18H35NO2. The summed E-state index contributed by atoms with van der Waals surface area (Å²) in [7, 11) is 0. The Morgan fingerprint density at radius 1 is 0.810 bits per heavy atom. The van der Waals surface area contributed by atoms with Crippen molar-refractivity contribution < 1.29 is 9.53 Å². The molecule has 0 heterocycles. The molecule has 0 radical (unpaired) electrons. The molecular weight excluding hydrogens is 262 g/mol. The van der Waals surface area contributed by atoms with Gasteiger partial charge in [0.2, 0.25) is 6.08 Å².